The smallest absolute Gasteiger partial charge is 0.293 e. The van der Waals surface area contributed by atoms with E-state index in [0.717, 1.165) is 0 Å². The number of rotatable bonds is 3. The average molecular weight is 353 g/mol. The van der Waals surface area contributed by atoms with Crippen molar-refractivity contribution in [1.82, 2.24) is 0 Å². The van der Waals surface area contributed by atoms with E-state index in [4.69, 9.17) is 0 Å². The Balaban J connectivity index is 2.36. The van der Waals surface area contributed by atoms with Crippen LogP contribution in [0.3, 0.4) is 0 Å². The Labute approximate surface area is 128 Å². The number of carbonyl (C=O) groups excluding carboxylic acids is 1. The van der Waals surface area contributed by atoms with Crippen LogP contribution in [0.4, 0.5) is 15.8 Å². The quantitative estimate of drug-likeness (QED) is 0.668. The Morgan fingerprint density at radius 1 is 1.33 bits per heavy atom. The molecule has 0 saturated carbocycles. The zero-order valence-corrected chi connectivity index (χ0v) is 12.5. The molecular weight excluding hydrogens is 343 g/mol. The van der Waals surface area contributed by atoms with Gasteiger partial charge in [-0.25, -0.2) is 4.39 Å². The van der Waals surface area contributed by atoms with Gasteiger partial charge in [-0.05, 0) is 46.6 Å². The van der Waals surface area contributed by atoms with Crippen LogP contribution in [0.25, 0.3) is 0 Å². The highest BCUT2D eigenvalue weighted by Gasteiger charge is 2.19. The predicted octanol–water partition coefficient (Wildman–Crippen LogP) is 4.06. The van der Waals surface area contributed by atoms with Crippen molar-refractivity contribution in [3.63, 3.8) is 0 Å². The Kier molecular flexibility index (Phi) is 4.32. The van der Waals surface area contributed by atoms with E-state index in [0.29, 0.717) is 5.56 Å². The monoisotopic (exact) mass is 352 g/mol. The number of halogens is 2. The first-order valence-corrected chi connectivity index (χ1v) is 6.70. The van der Waals surface area contributed by atoms with Crippen LogP contribution in [0.5, 0.6) is 0 Å². The lowest BCUT2D eigenvalue weighted by Gasteiger charge is -2.08. The second kappa shape index (κ2) is 6.01. The van der Waals surface area contributed by atoms with Crippen LogP contribution in [0.2, 0.25) is 0 Å². The minimum Gasteiger partial charge on any atom is -0.316 e. The molecule has 0 aromatic heterocycles. The first-order chi connectivity index (χ1) is 9.90. The number of amides is 1. The molecule has 0 atom stereocenters. The van der Waals surface area contributed by atoms with Crippen LogP contribution in [-0.2, 0) is 0 Å². The summed E-state index contributed by atoms with van der Waals surface area (Å²) in [5.74, 6) is -1.47. The minimum absolute atomic E-state index is 0.0231. The molecule has 5 nitrogen and oxygen atoms in total. The molecular formula is C14H10BrFN2O3. The highest BCUT2D eigenvalue weighted by Crippen LogP contribution is 2.26. The van der Waals surface area contributed by atoms with Gasteiger partial charge in [0.25, 0.3) is 11.6 Å². The summed E-state index contributed by atoms with van der Waals surface area (Å²) < 4.78 is 14.0. The Bertz CT molecular complexity index is 734. The average Bonchev–Trinajstić information content (AvgIpc) is 2.43. The molecule has 0 aliphatic rings. The summed E-state index contributed by atoms with van der Waals surface area (Å²) in [6.07, 6.45) is 0. The van der Waals surface area contributed by atoms with Gasteiger partial charge in [-0.15, -0.1) is 0 Å². The van der Waals surface area contributed by atoms with Gasteiger partial charge in [-0.1, -0.05) is 12.1 Å². The zero-order chi connectivity index (χ0) is 15.6. The molecule has 0 heterocycles. The lowest BCUT2D eigenvalue weighted by atomic mass is 10.1. The minimum atomic E-state index is -0.749. The molecule has 0 spiro atoms. The normalized spacial score (nSPS) is 10.2. The molecule has 0 bridgehead atoms. The molecule has 21 heavy (non-hydrogen) atoms. The molecule has 0 aliphatic heterocycles. The van der Waals surface area contributed by atoms with Crippen molar-refractivity contribution in [3.8, 4) is 0 Å². The zero-order valence-electron chi connectivity index (χ0n) is 10.9. The summed E-state index contributed by atoms with van der Waals surface area (Å²) in [4.78, 5) is 22.4. The first kappa shape index (κ1) is 15.1. The summed E-state index contributed by atoms with van der Waals surface area (Å²) in [5, 5.41) is 13.3. The molecule has 108 valence electrons. The SMILES string of the molecule is Cc1ccc(NC(=O)c2cccc(Br)c2F)c([N+](=O)[O-])c1. The number of nitro benzene ring substituents is 1. The number of benzene rings is 2. The van der Waals surface area contributed by atoms with Gasteiger partial charge >= 0.3 is 0 Å². The molecule has 0 saturated heterocycles. The van der Waals surface area contributed by atoms with E-state index in [-0.39, 0.29) is 21.4 Å². The predicted molar refractivity (Wildman–Crippen MR) is 79.9 cm³/mol. The highest BCUT2D eigenvalue weighted by molar-refractivity contribution is 9.10. The summed E-state index contributed by atoms with van der Waals surface area (Å²) >= 11 is 2.98. The third kappa shape index (κ3) is 3.25. The van der Waals surface area contributed by atoms with Crippen molar-refractivity contribution in [1.29, 1.82) is 0 Å². The summed E-state index contributed by atoms with van der Waals surface area (Å²) in [7, 11) is 0. The fourth-order valence-corrected chi connectivity index (χ4v) is 2.13. The standard InChI is InChI=1S/C14H10BrFN2O3/c1-8-5-6-11(12(7-8)18(20)21)17-14(19)9-3-2-4-10(15)13(9)16/h2-7H,1H3,(H,17,19). The Morgan fingerprint density at radius 3 is 2.71 bits per heavy atom. The van der Waals surface area contributed by atoms with Crippen LogP contribution in [-0.4, -0.2) is 10.8 Å². The maximum absolute atomic E-state index is 13.8. The van der Waals surface area contributed by atoms with E-state index in [1.807, 2.05) is 0 Å². The van der Waals surface area contributed by atoms with Gasteiger partial charge in [0.15, 0.2) is 0 Å². The third-order valence-electron chi connectivity index (χ3n) is 2.79. The molecule has 0 unspecified atom stereocenters. The van der Waals surface area contributed by atoms with Crippen molar-refractivity contribution in [3.05, 3.63) is 67.9 Å². The Hall–Kier alpha value is -2.28. The van der Waals surface area contributed by atoms with Gasteiger partial charge < -0.3 is 5.32 Å². The number of hydrogen-bond donors (Lipinski definition) is 1. The van der Waals surface area contributed by atoms with Crippen molar-refractivity contribution in [2.75, 3.05) is 5.32 Å². The Morgan fingerprint density at radius 2 is 2.05 bits per heavy atom. The molecule has 0 fully saturated rings. The number of nitrogens with zero attached hydrogens (tertiary/aromatic N) is 1. The number of nitrogens with one attached hydrogen (secondary N) is 1. The van der Waals surface area contributed by atoms with Crippen LogP contribution in [0, 0.1) is 22.9 Å². The number of nitro groups is 1. The summed E-state index contributed by atoms with van der Waals surface area (Å²) in [5.41, 5.74) is 0.279. The lowest BCUT2D eigenvalue weighted by molar-refractivity contribution is -0.384. The van der Waals surface area contributed by atoms with Gasteiger partial charge in [0.2, 0.25) is 0 Å². The van der Waals surface area contributed by atoms with Crippen LogP contribution >= 0.6 is 15.9 Å². The second-order valence-electron chi connectivity index (χ2n) is 4.33. The first-order valence-electron chi connectivity index (χ1n) is 5.90. The number of anilines is 1. The van der Waals surface area contributed by atoms with Crippen molar-refractivity contribution in [2.45, 2.75) is 6.92 Å². The third-order valence-corrected chi connectivity index (χ3v) is 3.41. The van der Waals surface area contributed by atoms with Crippen molar-refractivity contribution < 1.29 is 14.1 Å². The molecule has 1 N–H and O–H groups in total. The van der Waals surface area contributed by atoms with E-state index < -0.39 is 16.6 Å². The molecule has 0 aliphatic carbocycles. The fraction of sp³-hybridized carbons (Fsp3) is 0.0714. The molecule has 2 rings (SSSR count). The van der Waals surface area contributed by atoms with Crippen molar-refractivity contribution >= 4 is 33.2 Å². The molecule has 2 aromatic rings. The van der Waals surface area contributed by atoms with Gasteiger partial charge in [-0.2, -0.15) is 0 Å². The van der Waals surface area contributed by atoms with Gasteiger partial charge in [0.05, 0.1) is 15.0 Å². The van der Waals surface area contributed by atoms with E-state index in [1.165, 1.54) is 30.3 Å². The van der Waals surface area contributed by atoms with Gasteiger partial charge in [0.1, 0.15) is 11.5 Å². The summed E-state index contributed by atoms with van der Waals surface area (Å²) in [6.45, 7) is 1.70. The van der Waals surface area contributed by atoms with E-state index in [9.17, 15) is 19.3 Å². The van der Waals surface area contributed by atoms with Gasteiger partial charge in [-0.3, -0.25) is 14.9 Å². The number of carbonyl (C=O) groups is 1. The van der Waals surface area contributed by atoms with Gasteiger partial charge in [0, 0.05) is 6.07 Å². The fourth-order valence-electron chi connectivity index (χ4n) is 1.77. The number of hydrogen-bond acceptors (Lipinski definition) is 3. The summed E-state index contributed by atoms with van der Waals surface area (Å²) in [6, 6.07) is 8.65. The van der Waals surface area contributed by atoms with Crippen LogP contribution in [0.1, 0.15) is 15.9 Å². The topological polar surface area (TPSA) is 72.2 Å². The van der Waals surface area contributed by atoms with Crippen LogP contribution in [0.15, 0.2) is 40.9 Å². The van der Waals surface area contributed by atoms with E-state index >= 15 is 0 Å². The molecule has 1 amide bonds. The van der Waals surface area contributed by atoms with E-state index in [1.54, 1.807) is 13.0 Å². The largest absolute Gasteiger partial charge is 0.316 e. The van der Waals surface area contributed by atoms with Crippen LogP contribution < -0.4 is 5.32 Å². The molecule has 2 aromatic carbocycles. The molecule has 0 radical (unpaired) electrons. The maximum Gasteiger partial charge on any atom is 0.293 e. The van der Waals surface area contributed by atoms with Crippen molar-refractivity contribution in [2.24, 2.45) is 0 Å². The molecule has 7 heteroatoms. The lowest BCUT2D eigenvalue weighted by Crippen LogP contribution is -2.15. The highest BCUT2D eigenvalue weighted by atomic mass is 79.9. The second-order valence-corrected chi connectivity index (χ2v) is 5.19. The number of aryl methyl sites for hydroxylation is 1. The maximum atomic E-state index is 13.8. The van der Waals surface area contributed by atoms with E-state index in [2.05, 4.69) is 21.2 Å².